The molecule has 21 heavy (non-hydrogen) atoms. The molecule has 0 unspecified atom stereocenters. The third kappa shape index (κ3) is 1.99. The monoisotopic (exact) mass is 321 g/mol. The summed E-state index contributed by atoms with van der Waals surface area (Å²) in [6.07, 6.45) is 1.99. The first-order chi connectivity index (χ1) is 9.97. The second kappa shape index (κ2) is 4.57. The maximum Gasteiger partial charge on any atom is 0.263 e. The van der Waals surface area contributed by atoms with Gasteiger partial charge >= 0.3 is 0 Å². The molecule has 0 spiro atoms. The van der Waals surface area contributed by atoms with Crippen LogP contribution < -0.4 is 5.56 Å². The van der Waals surface area contributed by atoms with Gasteiger partial charge in [0.05, 0.1) is 5.39 Å². The minimum Gasteiger partial charge on any atom is -0.296 e. The van der Waals surface area contributed by atoms with Gasteiger partial charge in [-0.15, -0.1) is 11.3 Å². The summed E-state index contributed by atoms with van der Waals surface area (Å²) >= 11 is 3.42. The number of aromatic nitrogens is 2. The molecule has 0 N–H and O–H groups in total. The van der Waals surface area contributed by atoms with Crippen LogP contribution >= 0.6 is 23.1 Å². The average molecular weight is 321 g/mol. The molecule has 4 heterocycles. The minimum absolute atomic E-state index is 0.1000. The second-order valence-electron chi connectivity index (χ2n) is 6.58. The van der Waals surface area contributed by atoms with Gasteiger partial charge in [-0.05, 0) is 39.3 Å². The Morgan fingerprint density at radius 1 is 1.33 bits per heavy atom. The number of thioether (sulfide) groups is 1. The van der Waals surface area contributed by atoms with Crippen molar-refractivity contribution in [3.63, 3.8) is 0 Å². The van der Waals surface area contributed by atoms with Crippen LogP contribution in [0.2, 0.25) is 0 Å². The highest BCUT2D eigenvalue weighted by atomic mass is 32.2. The van der Waals surface area contributed by atoms with E-state index in [4.69, 9.17) is 4.98 Å². The van der Waals surface area contributed by atoms with Crippen molar-refractivity contribution in [2.75, 3.05) is 12.8 Å². The topological polar surface area (TPSA) is 38.1 Å². The van der Waals surface area contributed by atoms with Crippen molar-refractivity contribution < 1.29 is 0 Å². The first kappa shape index (κ1) is 13.8. The Hall–Kier alpha value is -0.850. The van der Waals surface area contributed by atoms with Gasteiger partial charge in [-0.25, -0.2) is 4.98 Å². The quantitative estimate of drug-likeness (QED) is 0.699. The first-order valence-electron chi connectivity index (χ1n) is 7.36. The molecule has 2 aromatic heterocycles. The molecule has 0 saturated heterocycles. The van der Waals surface area contributed by atoms with Gasteiger partial charge in [0, 0.05) is 29.3 Å². The van der Waals surface area contributed by atoms with E-state index in [-0.39, 0.29) is 11.1 Å². The molecule has 4 rings (SSSR count). The van der Waals surface area contributed by atoms with Crippen LogP contribution in [0.1, 0.15) is 30.7 Å². The predicted octanol–water partition coefficient (Wildman–Crippen LogP) is 2.72. The molecule has 0 aromatic carbocycles. The Bertz CT molecular complexity index is 790. The van der Waals surface area contributed by atoms with Crippen molar-refractivity contribution in [3.8, 4) is 0 Å². The maximum absolute atomic E-state index is 12.9. The number of likely N-dealkylation sites (N-methyl/N-ethyl adjacent to an activating group) is 1. The SMILES string of the molecule is CN1Cc2sc3nc4n(c(=O)c3c2CC1(C)C)CCCS4. The van der Waals surface area contributed by atoms with Crippen LogP contribution in [-0.2, 0) is 19.5 Å². The number of thiophene rings is 1. The Kier molecular flexibility index (Phi) is 3.00. The van der Waals surface area contributed by atoms with Crippen molar-refractivity contribution in [1.82, 2.24) is 14.5 Å². The van der Waals surface area contributed by atoms with Crippen molar-refractivity contribution in [1.29, 1.82) is 0 Å². The summed E-state index contributed by atoms with van der Waals surface area (Å²) in [7, 11) is 2.16. The lowest BCUT2D eigenvalue weighted by Gasteiger charge is -2.39. The van der Waals surface area contributed by atoms with E-state index in [1.54, 1.807) is 23.1 Å². The fourth-order valence-corrected chi connectivity index (χ4v) is 5.40. The smallest absolute Gasteiger partial charge is 0.263 e. The molecule has 0 fully saturated rings. The van der Waals surface area contributed by atoms with E-state index in [0.29, 0.717) is 0 Å². The third-order valence-electron chi connectivity index (χ3n) is 4.74. The molecule has 0 atom stereocenters. The molecule has 6 heteroatoms. The molecule has 112 valence electrons. The van der Waals surface area contributed by atoms with Crippen LogP contribution in [0.3, 0.4) is 0 Å². The summed E-state index contributed by atoms with van der Waals surface area (Å²) < 4.78 is 1.88. The number of hydrogen-bond donors (Lipinski definition) is 0. The highest BCUT2D eigenvalue weighted by Gasteiger charge is 2.34. The Morgan fingerprint density at radius 2 is 2.14 bits per heavy atom. The Morgan fingerprint density at radius 3 is 2.95 bits per heavy atom. The zero-order valence-electron chi connectivity index (χ0n) is 12.6. The lowest BCUT2D eigenvalue weighted by atomic mass is 9.88. The van der Waals surface area contributed by atoms with Crippen molar-refractivity contribution in [3.05, 3.63) is 20.8 Å². The van der Waals surface area contributed by atoms with Gasteiger partial charge in [0.2, 0.25) is 0 Å². The van der Waals surface area contributed by atoms with Crippen LogP contribution in [0.5, 0.6) is 0 Å². The summed E-state index contributed by atoms with van der Waals surface area (Å²) in [4.78, 5) is 22.3. The van der Waals surface area contributed by atoms with E-state index >= 15 is 0 Å². The number of nitrogens with zero attached hydrogens (tertiary/aromatic N) is 3. The van der Waals surface area contributed by atoms with Crippen LogP contribution in [0.4, 0.5) is 0 Å². The number of fused-ring (bicyclic) bond motifs is 4. The van der Waals surface area contributed by atoms with E-state index in [1.165, 1.54) is 10.4 Å². The zero-order valence-corrected chi connectivity index (χ0v) is 14.2. The lowest BCUT2D eigenvalue weighted by Crippen LogP contribution is -2.45. The number of hydrogen-bond acceptors (Lipinski definition) is 5. The summed E-state index contributed by atoms with van der Waals surface area (Å²) in [5, 5.41) is 1.80. The predicted molar refractivity (Wildman–Crippen MR) is 88.5 cm³/mol. The molecule has 0 radical (unpaired) electrons. The summed E-state index contributed by atoms with van der Waals surface area (Å²) in [6.45, 7) is 6.24. The molecule has 0 amide bonds. The molecule has 0 bridgehead atoms. The van der Waals surface area contributed by atoms with Crippen LogP contribution in [0.15, 0.2) is 9.95 Å². The standard InChI is InChI=1S/C15H19N3OS2/c1-15(2)7-9-10(8-17(15)3)21-12-11(9)13(19)18-5-4-6-20-14(18)16-12/h4-8H2,1-3H3. The minimum atomic E-state index is 0.1000. The van der Waals surface area contributed by atoms with Gasteiger partial charge in [0.15, 0.2) is 5.16 Å². The molecule has 0 saturated carbocycles. The van der Waals surface area contributed by atoms with Gasteiger partial charge in [-0.2, -0.15) is 0 Å². The second-order valence-corrected chi connectivity index (χ2v) is 8.73. The zero-order chi connectivity index (χ0) is 14.8. The fourth-order valence-electron chi connectivity index (χ4n) is 3.17. The van der Waals surface area contributed by atoms with E-state index in [9.17, 15) is 4.79 Å². The molecule has 2 aliphatic rings. The van der Waals surface area contributed by atoms with Crippen LogP contribution in [-0.4, -0.2) is 32.8 Å². The van der Waals surface area contributed by atoms with Crippen LogP contribution in [0, 0.1) is 0 Å². The largest absolute Gasteiger partial charge is 0.296 e. The van der Waals surface area contributed by atoms with E-state index < -0.39 is 0 Å². The maximum atomic E-state index is 12.9. The highest BCUT2D eigenvalue weighted by Crippen LogP contribution is 2.38. The summed E-state index contributed by atoms with van der Waals surface area (Å²) in [5.74, 6) is 1.07. The molecule has 2 aromatic rings. The molecular weight excluding hydrogens is 302 g/mol. The van der Waals surface area contributed by atoms with Crippen LogP contribution in [0.25, 0.3) is 10.2 Å². The fraction of sp³-hybridized carbons (Fsp3) is 0.600. The van der Waals surface area contributed by atoms with Gasteiger partial charge in [-0.3, -0.25) is 14.3 Å². The lowest BCUT2D eigenvalue weighted by molar-refractivity contribution is 0.136. The van der Waals surface area contributed by atoms with Gasteiger partial charge in [0.1, 0.15) is 4.83 Å². The summed E-state index contributed by atoms with van der Waals surface area (Å²) in [5.41, 5.74) is 1.53. The van der Waals surface area contributed by atoms with E-state index in [0.717, 1.165) is 47.1 Å². The number of rotatable bonds is 0. The van der Waals surface area contributed by atoms with Gasteiger partial charge in [0.25, 0.3) is 5.56 Å². The summed E-state index contributed by atoms with van der Waals surface area (Å²) in [6, 6.07) is 0. The molecule has 0 aliphatic carbocycles. The Balaban J connectivity index is 1.99. The molecular formula is C15H19N3OS2. The van der Waals surface area contributed by atoms with E-state index in [2.05, 4.69) is 25.8 Å². The normalized spacial score (nSPS) is 21.3. The van der Waals surface area contributed by atoms with Crippen molar-refractivity contribution >= 4 is 33.3 Å². The average Bonchev–Trinajstić information content (AvgIpc) is 2.76. The highest BCUT2D eigenvalue weighted by molar-refractivity contribution is 7.99. The molecule has 4 nitrogen and oxygen atoms in total. The van der Waals surface area contributed by atoms with Gasteiger partial charge < -0.3 is 0 Å². The first-order valence-corrected chi connectivity index (χ1v) is 9.17. The molecule has 2 aliphatic heterocycles. The Labute approximate surface area is 132 Å². The third-order valence-corrected chi connectivity index (χ3v) is 6.91. The van der Waals surface area contributed by atoms with E-state index in [1.807, 2.05) is 4.57 Å². The van der Waals surface area contributed by atoms with Crippen molar-refractivity contribution in [2.45, 2.75) is 50.5 Å². The van der Waals surface area contributed by atoms with Gasteiger partial charge in [-0.1, -0.05) is 11.8 Å². The van der Waals surface area contributed by atoms with Crippen molar-refractivity contribution in [2.24, 2.45) is 0 Å².